The topological polar surface area (TPSA) is 67.8 Å². The Balaban J connectivity index is 2.38. The molecule has 2 atom stereocenters. The van der Waals surface area contributed by atoms with E-state index in [0.29, 0.717) is 12.4 Å². The maximum Gasteiger partial charge on any atom is 0.258 e. The van der Waals surface area contributed by atoms with Crippen LogP contribution in [-0.2, 0) is 4.79 Å². The zero-order valence-electron chi connectivity index (χ0n) is 12.7. The molecule has 0 aliphatic carbocycles. The molecule has 21 heavy (non-hydrogen) atoms. The molecule has 1 aromatic carbocycles. The fraction of sp³-hybridized carbons (Fsp3) is 0.533. The molecule has 1 rings (SSSR count). The third kappa shape index (κ3) is 6.27. The van der Waals surface area contributed by atoms with Gasteiger partial charge in [0.2, 0.25) is 0 Å². The van der Waals surface area contributed by atoms with Gasteiger partial charge < -0.3 is 19.9 Å². The van der Waals surface area contributed by atoms with Crippen LogP contribution in [-0.4, -0.2) is 48.4 Å². The van der Waals surface area contributed by atoms with E-state index in [1.807, 2.05) is 20.1 Å². The fourth-order valence-electron chi connectivity index (χ4n) is 1.77. The summed E-state index contributed by atoms with van der Waals surface area (Å²) in [5.41, 5.74) is 0. The molecule has 2 unspecified atom stereocenters. The molecule has 6 heteroatoms. The van der Waals surface area contributed by atoms with Crippen molar-refractivity contribution >= 4 is 17.7 Å². The molecule has 0 spiro atoms. The first-order valence-corrected chi connectivity index (χ1v) is 8.18. The van der Waals surface area contributed by atoms with Crippen LogP contribution in [0.15, 0.2) is 24.3 Å². The average molecular weight is 313 g/mol. The van der Waals surface area contributed by atoms with Crippen molar-refractivity contribution in [2.75, 3.05) is 26.1 Å². The third-order valence-corrected chi connectivity index (χ3v) is 4.10. The molecule has 1 amide bonds. The van der Waals surface area contributed by atoms with Crippen LogP contribution in [0.2, 0.25) is 0 Å². The highest BCUT2D eigenvalue weighted by Crippen LogP contribution is 2.17. The molecule has 118 valence electrons. The van der Waals surface area contributed by atoms with Crippen molar-refractivity contribution in [1.82, 2.24) is 5.32 Å². The molecule has 2 N–H and O–H groups in total. The molecule has 0 aromatic heterocycles. The number of rotatable bonds is 9. The molecular formula is C15H23NO4S. The lowest BCUT2D eigenvalue weighted by atomic mass is 10.2. The van der Waals surface area contributed by atoms with Crippen molar-refractivity contribution in [3.63, 3.8) is 0 Å². The normalized spacial score (nSPS) is 13.3. The van der Waals surface area contributed by atoms with E-state index in [2.05, 4.69) is 5.32 Å². The average Bonchev–Trinajstić information content (AvgIpc) is 2.48. The summed E-state index contributed by atoms with van der Waals surface area (Å²) in [5, 5.41) is 12.0. The first-order valence-electron chi connectivity index (χ1n) is 6.89. The second-order valence-electron chi connectivity index (χ2n) is 4.51. The molecule has 0 saturated heterocycles. The predicted octanol–water partition coefficient (Wildman–Crippen LogP) is 1.69. The van der Waals surface area contributed by atoms with Crippen LogP contribution in [0.5, 0.6) is 11.5 Å². The first kappa shape index (κ1) is 17.7. The number of hydrogen-bond acceptors (Lipinski definition) is 5. The molecule has 0 fully saturated rings. The zero-order chi connectivity index (χ0) is 15.7. The minimum Gasteiger partial charge on any atom is -0.494 e. The summed E-state index contributed by atoms with van der Waals surface area (Å²) in [7, 11) is 0. The van der Waals surface area contributed by atoms with Crippen molar-refractivity contribution < 1.29 is 19.4 Å². The first-order chi connectivity index (χ1) is 10.1. The lowest BCUT2D eigenvalue weighted by Crippen LogP contribution is -2.43. The van der Waals surface area contributed by atoms with Gasteiger partial charge in [0, 0.05) is 11.3 Å². The summed E-state index contributed by atoms with van der Waals surface area (Å²) in [6, 6.07) is 7.02. The molecule has 0 saturated carbocycles. The SMILES string of the molecule is CCOc1ccc(OCC(=O)NC(C)C(CO)SC)cc1. The van der Waals surface area contributed by atoms with E-state index >= 15 is 0 Å². The van der Waals surface area contributed by atoms with Gasteiger partial charge in [0.1, 0.15) is 11.5 Å². The largest absolute Gasteiger partial charge is 0.494 e. The van der Waals surface area contributed by atoms with Gasteiger partial charge in [-0.3, -0.25) is 4.79 Å². The highest BCUT2D eigenvalue weighted by atomic mass is 32.2. The van der Waals surface area contributed by atoms with E-state index in [1.54, 1.807) is 24.3 Å². The lowest BCUT2D eigenvalue weighted by Gasteiger charge is -2.21. The van der Waals surface area contributed by atoms with Gasteiger partial charge in [-0.05, 0) is 44.4 Å². The fourth-order valence-corrected chi connectivity index (χ4v) is 2.40. The Morgan fingerprint density at radius 3 is 2.33 bits per heavy atom. The van der Waals surface area contributed by atoms with Crippen LogP contribution in [0.3, 0.4) is 0 Å². The smallest absolute Gasteiger partial charge is 0.258 e. The molecular weight excluding hydrogens is 290 g/mol. The van der Waals surface area contributed by atoms with E-state index < -0.39 is 0 Å². The van der Waals surface area contributed by atoms with Crippen LogP contribution in [0.25, 0.3) is 0 Å². The second kappa shape index (κ2) is 9.52. The monoisotopic (exact) mass is 313 g/mol. The summed E-state index contributed by atoms with van der Waals surface area (Å²) in [4.78, 5) is 11.8. The predicted molar refractivity (Wildman–Crippen MR) is 85.1 cm³/mol. The van der Waals surface area contributed by atoms with Crippen LogP contribution in [0, 0.1) is 0 Å². The van der Waals surface area contributed by atoms with Gasteiger partial charge >= 0.3 is 0 Å². The Morgan fingerprint density at radius 2 is 1.86 bits per heavy atom. The molecule has 0 heterocycles. The Labute approximate surface area is 130 Å². The molecule has 0 aliphatic heterocycles. The number of amides is 1. The van der Waals surface area contributed by atoms with Gasteiger partial charge in [0.25, 0.3) is 5.91 Å². The molecule has 1 aromatic rings. The van der Waals surface area contributed by atoms with E-state index in [4.69, 9.17) is 9.47 Å². The zero-order valence-corrected chi connectivity index (χ0v) is 13.5. The van der Waals surface area contributed by atoms with E-state index in [9.17, 15) is 9.90 Å². The van der Waals surface area contributed by atoms with Gasteiger partial charge in [-0.25, -0.2) is 0 Å². The van der Waals surface area contributed by atoms with Crippen LogP contribution < -0.4 is 14.8 Å². The summed E-state index contributed by atoms with van der Waals surface area (Å²) in [6.45, 7) is 4.38. The number of nitrogens with one attached hydrogen (secondary N) is 1. The van der Waals surface area contributed by atoms with E-state index in [1.165, 1.54) is 11.8 Å². The third-order valence-electron chi connectivity index (χ3n) is 2.93. The highest BCUT2D eigenvalue weighted by molar-refractivity contribution is 7.99. The Morgan fingerprint density at radius 1 is 1.29 bits per heavy atom. The molecule has 0 aliphatic rings. The summed E-state index contributed by atoms with van der Waals surface area (Å²) in [5.74, 6) is 1.18. The molecule has 0 radical (unpaired) electrons. The second-order valence-corrected chi connectivity index (χ2v) is 5.58. The van der Waals surface area contributed by atoms with Crippen molar-refractivity contribution in [3.05, 3.63) is 24.3 Å². The molecule has 5 nitrogen and oxygen atoms in total. The van der Waals surface area contributed by atoms with Crippen molar-refractivity contribution in [1.29, 1.82) is 0 Å². The van der Waals surface area contributed by atoms with Crippen LogP contribution in [0.4, 0.5) is 0 Å². The Hall–Kier alpha value is -1.40. The quantitative estimate of drug-likeness (QED) is 0.726. The van der Waals surface area contributed by atoms with Gasteiger partial charge in [0.15, 0.2) is 6.61 Å². The number of ether oxygens (including phenoxy) is 2. The minimum atomic E-state index is -0.205. The van der Waals surface area contributed by atoms with Gasteiger partial charge in [-0.2, -0.15) is 11.8 Å². The maximum absolute atomic E-state index is 11.8. The number of carbonyl (C=O) groups is 1. The number of aliphatic hydroxyl groups excluding tert-OH is 1. The number of benzene rings is 1. The lowest BCUT2D eigenvalue weighted by molar-refractivity contribution is -0.123. The number of hydrogen-bond donors (Lipinski definition) is 2. The van der Waals surface area contributed by atoms with Crippen LogP contribution >= 0.6 is 11.8 Å². The van der Waals surface area contributed by atoms with E-state index in [-0.39, 0.29) is 30.4 Å². The Kier molecular flexibility index (Phi) is 8.00. The number of carbonyl (C=O) groups excluding carboxylic acids is 1. The summed E-state index contributed by atoms with van der Waals surface area (Å²) in [6.07, 6.45) is 1.90. The van der Waals surface area contributed by atoms with Crippen molar-refractivity contribution in [2.24, 2.45) is 0 Å². The molecule has 0 bridgehead atoms. The van der Waals surface area contributed by atoms with Crippen LogP contribution in [0.1, 0.15) is 13.8 Å². The number of thioether (sulfide) groups is 1. The highest BCUT2D eigenvalue weighted by Gasteiger charge is 2.17. The maximum atomic E-state index is 11.8. The summed E-state index contributed by atoms with van der Waals surface area (Å²) >= 11 is 1.52. The van der Waals surface area contributed by atoms with Gasteiger partial charge in [0.05, 0.1) is 13.2 Å². The minimum absolute atomic E-state index is 0.0144. The van der Waals surface area contributed by atoms with Crippen molar-refractivity contribution in [2.45, 2.75) is 25.1 Å². The standard InChI is InChI=1S/C15H23NO4S/c1-4-19-12-5-7-13(8-6-12)20-10-15(18)16-11(2)14(9-17)21-3/h5-8,11,14,17H,4,9-10H2,1-3H3,(H,16,18). The number of aliphatic hydroxyl groups is 1. The van der Waals surface area contributed by atoms with Crippen molar-refractivity contribution in [3.8, 4) is 11.5 Å². The summed E-state index contributed by atoms with van der Waals surface area (Å²) < 4.78 is 10.7. The van der Waals surface area contributed by atoms with Gasteiger partial charge in [-0.1, -0.05) is 0 Å². The Bertz CT molecular complexity index is 420. The van der Waals surface area contributed by atoms with E-state index in [0.717, 1.165) is 5.75 Å². The van der Waals surface area contributed by atoms with Gasteiger partial charge in [-0.15, -0.1) is 0 Å².